The third kappa shape index (κ3) is 3.29. The van der Waals surface area contributed by atoms with Crippen LogP contribution in [-0.2, 0) is 13.6 Å². The Bertz CT molecular complexity index is 599. The molecule has 21 heavy (non-hydrogen) atoms. The Morgan fingerprint density at radius 3 is 2.48 bits per heavy atom. The number of aromatic nitrogens is 2. The summed E-state index contributed by atoms with van der Waals surface area (Å²) in [4.78, 5) is 26.6. The normalized spacial score (nSPS) is 15.5. The highest BCUT2D eigenvalue weighted by Gasteiger charge is 2.15. The number of hydrogen-bond acceptors (Lipinski definition) is 5. The summed E-state index contributed by atoms with van der Waals surface area (Å²) in [5.74, 6) is 0.242. The van der Waals surface area contributed by atoms with E-state index in [1.54, 1.807) is 0 Å². The van der Waals surface area contributed by atoms with Gasteiger partial charge in [0.2, 0.25) is 0 Å². The van der Waals surface area contributed by atoms with Crippen molar-refractivity contribution in [3.05, 3.63) is 20.8 Å². The molecule has 0 unspecified atom stereocenters. The van der Waals surface area contributed by atoms with Crippen LogP contribution >= 0.6 is 0 Å². The van der Waals surface area contributed by atoms with Gasteiger partial charge in [-0.05, 0) is 32.4 Å². The van der Waals surface area contributed by atoms with E-state index in [0.717, 1.165) is 30.6 Å². The van der Waals surface area contributed by atoms with Gasteiger partial charge < -0.3 is 16.0 Å². The number of rotatable bonds is 6. The molecule has 1 aliphatic heterocycles. The minimum absolute atomic E-state index is 0.242. The van der Waals surface area contributed by atoms with Gasteiger partial charge in [0.15, 0.2) is 0 Å². The average molecular weight is 295 g/mol. The van der Waals surface area contributed by atoms with Crippen LogP contribution in [0.5, 0.6) is 0 Å². The van der Waals surface area contributed by atoms with E-state index in [0.29, 0.717) is 18.8 Å². The molecule has 2 heterocycles. The highest BCUT2D eigenvalue weighted by molar-refractivity contribution is 5.60. The van der Waals surface area contributed by atoms with Gasteiger partial charge in [-0.25, -0.2) is 4.79 Å². The fourth-order valence-electron chi connectivity index (χ4n) is 2.73. The van der Waals surface area contributed by atoms with Crippen molar-refractivity contribution in [2.45, 2.75) is 32.7 Å². The van der Waals surface area contributed by atoms with E-state index in [-0.39, 0.29) is 17.1 Å². The molecule has 118 valence electrons. The van der Waals surface area contributed by atoms with Crippen LogP contribution in [0.25, 0.3) is 0 Å². The van der Waals surface area contributed by atoms with E-state index in [2.05, 4.69) is 10.2 Å². The Morgan fingerprint density at radius 1 is 1.19 bits per heavy atom. The Kier molecular flexibility index (Phi) is 5.06. The largest absolute Gasteiger partial charge is 0.383 e. The molecule has 1 aliphatic rings. The second-order valence-electron chi connectivity index (χ2n) is 5.53. The summed E-state index contributed by atoms with van der Waals surface area (Å²) in [6.45, 7) is 6.26. The molecule has 1 fully saturated rings. The predicted molar refractivity (Wildman–Crippen MR) is 84.8 cm³/mol. The lowest BCUT2D eigenvalue weighted by Crippen LogP contribution is -2.41. The highest BCUT2D eigenvalue weighted by Crippen LogP contribution is 2.11. The van der Waals surface area contributed by atoms with Gasteiger partial charge in [-0.15, -0.1) is 0 Å². The Hall–Kier alpha value is -1.76. The average Bonchev–Trinajstić information content (AvgIpc) is 2.98. The maximum atomic E-state index is 12.2. The van der Waals surface area contributed by atoms with Crippen molar-refractivity contribution in [1.82, 2.24) is 14.0 Å². The smallest absolute Gasteiger partial charge is 0.332 e. The van der Waals surface area contributed by atoms with E-state index < -0.39 is 0 Å². The third-order valence-corrected chi connectivity index (χ3v) is 3.96. The van der Waals surface area contributed by atoms with Crippen LogP contribution in [0.4, 0.5) is 11.5 Å². The lowest BCUT2D eigenvalue weighted by molar-refractivity contribution is 0.352. The summed E-state index contributed by atoms with van der Waals surface area (Å²) < 4.78 is 2.57. The topological polar surface area (TPSA) is 85.3 Å². The van der Waals surface area contributed by atoms with Gasteiger partial charge in [-0.2, -0.15) is 0 Å². The quantitative estimate of drug-likeness (QED) is 0.774. The third-order valence-electron chi connectivity index (χ3n) is 3.96. The Morgan fingerprint density at radius 2 is 1.86 bits per heavy atom. The van der Waals surface area contributed by atoms with E-state index in [4.69, 9.17) is 5.73 Å². The molecule has 0 saturated carbocycles. The van der Waals surface area contributed by atoms with Crippen molar-refractivity contribution in [2.24, 2.45) is 7.05 Å². The van der Waals surface area contributed by atoms with E-state index in [9.17, 15) is 9.59 Å². The van der Waals surface area contributed by atoms with Gasteiger partial charge in [0.05, 0.1) is 0 Å². The molecule has 1 aromatic heterocycles. The van der Waals surface area contributed by atoms with Gasteiger partial charge in [0, 0.05) is 26.7 Å². The molecule has 0 aromatic carbocycles. The van der Waals surface area contributed by atoms with Crippen molar-refractivity contribution < 1.29 is 0 Å². The fourth-order valence-corrected chi connectivity index (χ4v) is 2.73. The number of likely N-dealkylation sites (tertiary alicyclic amines) is 1. The first kappa shape index (κ1) is 15.6. The van der Waals surface area contributed by atoms with Crippen LogP contribution < -0.4 is 22.3 Å². The number of hydrogen-bond donors (Lipinski definition) is 2. The first-order valence-electron chi connectivity index (χ1n) is 7.61. The molecular weight excluding hydrogens is 270 g/mol. The lowest BCUT2D eigenvalue weighted by atomic mass is 10.4. The van der Waals surface area contributed by atoms with Gasteiger partial charge in [0.25, 0.3) is 5.56 Å². The molecule has 1 saturated heterocycles. The van der Waals surface area contributed by atoms with E-state index in [1.165, 1.54) is 24.5 Å². The first-order valence-corrected chi connectivity index (χ1v) is 7.61. The molecule has 0 bridgehead atoms. The second-order valence-corrected chi connectivity index (χ2v) is 5.53. The number of nitrogens with one attached hydrogen (secondary N) is 1. The number of nitrogens with two attached hydrogens (primary N) is 1. The molecule has 0 aliphatic carbocycles. The number of nitrogens with zero attached hydrogens (tertiary/aromatic N) is 3. The molecule has 3 N–H and O–H groups in total. The molecule has 1 aromatic rings. The molecule has 0 amide bonds. The minimum atomic E-state index is -0.357. The van der Waals surface area contributed by atoms with Crippen molar-refractivity contribution >= 4 is 11.5 Å². The van der Waals surface area contributed by atoms with Crippen LogP contribution in [-0.4, -0.2) is 40.2 Å². The molecule has 7 heteroatoms. The second kappa shape index (κ2) is 6.80. The summed E-state index contributed by atoms with van der Waals surface area (Å²) in [5.41, 5.74) is 5.63. The van der Waals surface area contributed by atoms with Crippen molar-refractivity contribution in [3.63, 3.8) is 0 Å². The van der Waals surface area contributed by atoms with Gasteiger partial charge >= 0.3 is 5.69 Å². The standard InChI is InChI=1S/C14H25N5O2/c1-3-7-19-12(15)11(13(20)17(2)14(19)21)16-6-10-18-8-4-5-9-18/h16H,3-10,15H2,1-2H3. The van der Waals surface area contributed by atoms with Crippen molar-refractivity contribution in [3.8, 4) is 0 Å². The molecule has 0 radical (unpaired) electrons. The molecule has 0 atom stereocenters. The monoisotopic (exact) mass is 295 g/mol. The molecule has 7 nitrogen and oxygen atoms in total. The Labute approximate surface area is 124 Å². The molecule has 2 rings (SSSR count). The van der Waals surface area contributed by atoms with E-state index >= 15 is 0 Å². The van der Waals surface area contributed by atoms with Crippen LogP contribution in [0.2, 0.25) is 0 Å². The highest BCUT2D eigenvalue weighted by atomic mass is 16.2. The zero-order valence-corrected chi connectivity index (χ0v) is 12.9. The maximum absolute atomic E-state index is 12.2. The zero-order valence-electron chi connectivity index (χ0n) is 12.9. The first-order chi connectivity index (χ1) is 10.1. The summed E-state index contributed by atoms with van der Waals surface area (Å²) in [7, 11) is 1.49. The summed E-state index contributed by atoms with van der Waals surface area (Å²) in [5, 5.41) is 3.12. The lowest BCUT2D eigenvalue weighted by Gasteiger charge is -2.18. The van der Waals surface area contributed by atoms with E-state index in [1.807, 2.05) is 6.92 Å². The summed E-state index contributed by atoms with van der Waals surface area (Å²) in [6.07, 6.45) is 3.27. The van der Waals surface area contributed by atoms with Crippen molar-refractivity contribution in [2.75, 3.05) is 37.2 Å². The van der Waals surface area contributed by atoms with Crippen LogP contribution in [0.3, 0.4) is 0 Å². The van der Waals surface area contributed by atoms with Crippen LogP contribution in [0, 0.1) is 0 Å². The number of nitrogen functional groups attached to an aromatic ring is 1. The van der Waals surface area contributed by atoms with Crippen LogP contribution in [0.15, 0.2) is 9.59 Å². The molecular formula is C14H25N5O2. The van der Waals surface area contributed by atoms with Gasteiger partial charge in [0.1, 0.15) is 11.5 Å². The SMILES string of the molecule is CCCn1c(N)c(NCCN2CCCC2)c(=O)n(C)c1=O. The summed E-state index contributed by atoms with van der Waals surface area (Å²) in [6, 6.07) is 0. The van der Waals surface area contributed by atoms with Gasteiger partial charge in [-0.3, -0.25) is 13.9 Å². The minimum Gasteiger partial charge on any atom is -0.383 e. The summed E-state index contributed by atoms with van der Waals surface area (Å²) >= 11 is 0. The van der Waals surface area contributed by atoms with Gasteiger partial charge in [-0.1, -0.05) is 6.92 Å². The van der Waals surface area contributed by atoms with Crippen molar-refractivity contribution in [1.29, 1.82) is 0 Å². The molecule has 0 spiro atoms. The Balaban J connectivity index is 2.17. The fraction of sp³-hybridized carbons (Fsp3) is 0.714. The predicted octanol–water partition coefficient (Wildman–Crippen LogP) is 0.0469. The number of anilines is 2. The van der Waals surface area contributed by atoms with Crippen LogP contribution in [0.1, 0.15) is 26.2 Å². The maximum Gasteiger partial charge on any atom is 0.332 e. The zero-order chi connectivity index (χ0) is 15.4.